The molecule has 0 aliphatic carbocycles. The van der Waals surface area contributed by atoms with E-state index in [1.165, 1.54) is 9.71 Å². The van der Waals surface area contributed by atoms with Crippen molar-refractivity contribution in [2.24, 2.45) is 0 Å². The van der Waals surface area contributed by atoms with Gasteiger partial charge in [0.2, 0.25) is 10.0 Å². The first-order chi connectivity index (χ1) is 12.5. The maximum Gasteiger partial charge on any atom is 0.253 e. The number of nitrogens with zero attached hydrogens (tertiary/aromatic N) is 2. The van der Waals surface area contributed by atoms with Gasteiger partial charge in [0.25, 0.3) is 5.91 Å². The molecular formula is C19H19ClN2O3S. The topological polar surface area (TPSA) is 57.7 Å². The maximum atomic E-state index is 12.5. The van der Waals surface area contributed by atoms with E-state index in [4.69, 9.17) is 11.6 Å². The zero-order valence-electron chi connectivity index (χ0n) is 14.1. The summed E-state index contributed by atoms with van der Waals surface area (Å²) >= 11 is 5.93. The number of carbonyl (C=O) groups excluding carboxylic acids is 1. The summed E-state index contributed by atoms with van der Waals surface area (Å²) in [5.41, 5.74) is 1.34. The number of sulfonamides is 1. The Labute approximate surface area is 158 Å². The molecule has 2 aromatic rings. The highest BCUT2D eigenvalue weighted by atomic mass is 35.5. The molecule has 0 unspecified atom stereocenters. The van der Waals surface area contributed by atoms with E-state index >= 15 is 0 Å². The Hall–Kier alpha value is -2.15. The summed E-state index contributed by atoms with van der Waals surface area (Å²) in [5.74, 6) is -0.135. The third kappa shape index (κ3) is 4.52. The van der Waals surface area contributed by atoms with Gasteiger partial charge in [-0.25, -0.2) is 8.42 Å². The third-order valence-electron chi connectivity index (χ3n) is 4.19. The van der Waals surface area contributed by atoms with Crippen molar-refractivity contribution in [3.63, 3.8) is 0 Å². The molecule has 1 saturated heterocycles. The molecule has 0 atom stereocenters. The number of benzene rings is 2. The normalized spacial score (nSPS) is 16.1. The van der Waals surface area contributed by atoms with Crippen LogP contribution in [0.4, 0.5) is 0 Å². The van der Waals surface area contributed by atoms with Crippen LogP contribution in [0.3, 0.4) is 0 Å². The fourth-order valence-corrected chi connectivity index (χ4v) is 4.13. The molecule has 0 aromatic heterocycles. The Bertz CT molecular complexity index is 905. The van der Waals surface area contributed by atoms with E-state index in [-0.39, 0.29) is 19.0 Å². The fraction of sp³-hybridized carbons (Fsp3) is 0.211. The summed E-state index contributed by atoms with van der Waals surface area (Å²) in [7, 11) is -3.51. The van der Waals surface area contributed by atoms with Gasteiger partial charge in [0.15, 0.2) is 0 Å². The van der Waals surface area contributed by atoms with Gasteiger partial charge in [0, 0.05) is 42.2 Å². The second kappa shape index (κ2) is 8.03. The van der Waals surface area contributed by atoms with E-state index in [9.17, 15) is 13.2 Å². The Morgan fingerprint density at radius 3 is 2.31 bits per heavy atom. The summed E-state index contributed by atoms with van der Waals surface area (Å²) in [6.07, 6.45) is 1.58. The summed E-state index contributed by atoms with van der Waals surface area (Å²) in [5, 5.41) is 1.72. The summed E-state index contributed by atoms with van der Waals surface area (Å²) in [4.78, 5) is 14.2. The molecule has 26 heavy (non-hydrogen) atoms. The van der Waals surface area contributed by atoms with Gasteiger partial charge in [0.05, 0.1) is 0 Å². The molecule has 1 aliphatic heterocycles. The van der Waals surface area contributed by atoms with Crippen molar-refractivity contribution in [1.29, 1.82) is 0 Å². The van der Waals surface area contributed by atoms with E-state index in [1.54, 1.807) is 35.2 Å². The van der Waals surface area contributed by atoms with Gasteiger partial charge in [0.1, 0.15) is 0 Å². The number of hydrogen-bond donors (Lipinski definition) is 0. The molecule has 0 N–H and O–H groups in total. The van der Waals surface area contributed by atoms with E-state index < -0.39 is 10.0 Å². The lowest BCUT2D eigenvalue weighted by Crippen LogP contribution is -2.50. The molecule has 7 heteroatoms. The number of halogens is 1. The summed E-state index contributed by atoms with van der Waals surface area (Å²) in [6, 6.07) is 16.0. The summed E-state index contributed by atoms with van der Waals surface area (Å²) < 4.78 is 26.3. The second-order valence-electron chi connectivity index (χ2n) is 5.96. The Kier molecular flexibility index (Phi) is 5.76. The largest absolute Gasteiger partial charge is 0.336 e. The van der Waals surface area contributed by atoms with Crippen LogP contribution in [0.25, 0.3) is 6.08 Å². The van der Waals surface area contributed by atoms with Crippen molar-refractivity contribution >= 4 is 33.6 Å². The van der Waals surface area contributed by atoms with Crippen molar-refractivity contribution < 1.29 is 13.2 Å². The second-order valence-corrected chi connectivity index (χ2v) is 8.21. The average Bonchev–Trinajstić information content (AvgIpc) is 2.67. The van der Waals surface area contributed by atoms with Crippen molar-refractivity contribution in [2.75, 3.05) is 26.2 Å². The Morgan fingerprint density at radius 1 is 0.962 bits per heavy atom. The van der Waals surface area contributed by atoms with Gasteiger partial charge in [-0.1, -0.05) is 48.0 Å². The number of rotatable bonds is 4. The lowest BCUT2D eigenvalue weighted by atomic mass is 10.2. The van der Waals surface area contributed by atoms with E-state index in [0.717, 1.165) is 5.56 Å². The van der Waals surface area contributed by atoms with Crippen molar-refractivity contribution in [2.45, 2.75) is 0 Å². The molecule has 2 aromatic carbocycles. The lowest BCUT2D eigenvalue weighted by molar-refractivity contribution is 0.0698. The molecule has 0 radical (unpaired) electrons. The number of amides is 1. The fourth-order valence-electron chi connectivity index (χ4n) is 2.76. The molecule has 0 saturated carbocycles. The molecule has 1 fully saturated rings. The van der Waals surface area contributed by atoms with Gasteiger partial charge in [-0.15, -0.1) is 0 Å². The number of carbonyl (C=O) groups is 1. The van der Waals surface area contributed by atoms with Gasteiger partial charge >= 0.3 is 0 Å². The van der Waals surface area contributed by atoms with Crippen LogP contribution in [-0.4, -0.2) is 49.7 Å². The van der Waals surface area contributed by atoms with Crippen LogP contribution in [0.1, 0.15) is 15.9 Å². The zero-order valence-corrected chi connectivity index (χ0v) is 15.7. The van der Waals surface area contributed by atoms with Gasteiger partial charge in [-0.3, -0.25) is 4.79 Å². The smallest absolute Gasteiger partial charge is 0.253 e. The molecular weight excluding hydrogens is 372 g/mol. The number of piperazine rings is 1. The first-order valence-corrected chi connectivity index (χ1v) is 10.1. The van der Waals surface area contributed by atoms with E-state index in [2.05, 4.69) is 0 Å². The lowest BCUT2D eigenvalue weighted by Gasteiger charge is -2.33. The standard InChI is InChI=1S/C19H19ClN2O3S/c20-18-8-4-7-17(15-18)19(23)21-10-12-22(13-11-21)26(24,25)14-9-16-5-2-1-3-6-16/h1-9,14-15H,10-13H2. The Balaban J connectivity index is 1.62. The zero-order chi connectivity index (χ0) is 18.6. The van der Waals surface area contributed by atoms with Crippen LogP contribution in [0.2, 0.25) is 5.02 Å². The predicted octanol–water partition coefficient (Wildman–Crippen LogP) is 3.10. The average molecular weight is 391 g/mol. The first-order valence-electron chi connectivity index (χ1n) is 8.24. The van der Waals surface area contributed by atoms with Crippen LogP contribution in [-0.2, 0) is 10.0 Å². The molecule has 3 rings (SSSR count). The molecule has 136 valence electrons. The van der Waals surface area contributed by atoms with Gasteiger partial charge < -0.3 is 4.90 Å². The van der Waals surface area contributed by atoms with Crippen LogP contribution in [0.15, 0.2) is 60.0 Å². The van der Waals surface area contributed by atoms with Crippen LogP contribution < -0.4 is 0 Å². The molecule has 0 bridgehead atoms. The van der Waals surface area contributed by atoms with Crippen LogP contribution >= 0.6 is 11.6 Å². The maximum absolute atomic E-state index is 12.5. The van der Waals surface area contributed by atoms with E-state index in [1.807, 2.05) is 30.3 Å². The first kappa shape index (κ1) is 18.6. The van der Waals surface area contributed by atoms with Gasteiger partial charge in [-0.2, -0.15) is 4.31 Å². The highest BCUT2D eigenvalue weighted by molar-refractivity contribution is 7.92. The quantitative estimate of drug-likeness (QED) is 0.806. The van der Waals surface area contributed by atoms with Crippen molar-refractivity contribution in [3.8, 4) is 0 Å². The SMILES string of the molecule is O=C(c1cccc(Cl)c1)N1CCN(S(=O)(=O)C=Cc2ccccc2)CC1. The molecule has 1 amide bonds. The molecule has 5 nitrogen and oxygen atoms in total. The molecule has 1 heterocycles. The Morgan fingerprint density at radius 2 is 1.65 bits per heavy atom. The minimum absolute atomic E-state index is 0.135. The highest BCUT2D eigenvalue weighted by Crippen LogP contribution is 2.16. The van der Waals surface area contributed by atoms with Crippen molar-refractivity contribution in [3.05, 3.63) is 76.2 Å². The van der Waals surface area contributed by atoms with E-state index in [0.29, 0.717) is 23.7 Å². The number of hydrogen-bond acceptors (Lipinski definition) is 3. The summed E-state index contributed by atoms with van der Waals surface area (Å²) in [6.45, 7) is 1.25. The highest BCUT2D eigenvalue weighted by Gasteiger charge is 2.27. The molecule has 1 aliphatic rings. The predicted molar refractivity (Wildman–Crippen MR) is 103 cm³/mol. The monoisotopic (exact) mass is 390 g/mol. The van der Waals surface area contributed by atoms with Gasteiger partial charge in [-0.05, 0) is 29.8 Å². The minimum atomic E-state index is -3.51. The van der Waals surface area contributed by atoms with Crippen LogP contribution in [0, 0.1) is 0 Å². The van der Waals surface area contributed by atoms with Crippen molar-refractivity contribution in [1.82, 2.24) is 9.21 Å². The minimum Gasteiger partial charge on any atom is -0.336 e. The molecule has 0 spiro atoms. The van der Waals surface area contributed by atoms with Crippen LogP contribution in [0.5, 0.6) is 0 Å². The third-order valence-corrected chi connectivity index (χ3v) is 5.99.